The van der Waals surface area contributed by atoms with Crippen molar-refractivity contribution in [3.63, 3.8) is 0 Å². The van der Waals surface area contributed by atoms with Crippen molar-refractivity contribution < 1.29 is 23.8 Å². The molecule has 0 bridgehead atoms. The van der Waals surface area contributed by atoms with E-state index < -0.39 is 17.4 Å². The number of hydrogen-bond donors (Lipinski definition) is 0. The number of epoxide rings is 1. The van der Waals surface area contributed by atoms with Crippen LogP contribution in [0.4, 0.5) is 0 Å². The molecular formula is C13H18O5. The Hall–Kier alpha value is -1.62. The van der Waals surface area contributed by atoms with E-state index in [1.807, 2.05) is 6.08 Å². The Morgan fingerprint density at radius 3 is 2.28 bits per heavy atom. The summed E-state index contributed by atoms with van der Waals surface area (Å²) in [5.74, 6) is -1.23. The second-order valence-corrected chi connectivity index (χ2v) is 4.06. The first kappa shape index (κ1) is 14.4. The molecule has 100 valence electrons. The highest BCUT2D eigenvalue weighted by molar-refractivity contribution is 6.00. The fourth-order valence-electron chi connectivity index (χ4n) is 1.72. The van der Waals surface area contributed by atoms with Crippen LogP contribution in [-0.2, 0) is 23.8 Å². The maximum atomic E-state index is 11.9. The largest absolute Gasteiger partial charge is 0.468 e. The normalized spacial score (nSPS) is 18.4. The van der Waals surface area contributed by atoms with Crippen LogP contribution >= 0.6 is 0 Å². The van der Waals surface area contributed by atoms with Crippen molar-refractivity contribution in [1.82, 2.24) is 0 Å². The van der Waals surface area contributed by atoms with Crippen LogP contribution in [0.2, 0.25) is 0 Å². The monoisotopic (exact) mass is 254 g/mol. The quantitative estimate of drug-likeness (QED) is 0.296. The zero-order valence-electron chi connectivity index (χ0n) is 10.7. The number of hydrogen-bond acceptors (Lipinski definition) is 5. The Balaban J connectivity index is 2.89. The third-order valence-corrected chi connectivity index (χ3v) is 2.82. The number of allylic oxidation sites excluding steroid dienone is 2. The summed E-state index contributed by atoms with van der Waals surface area (Å²) in [6.07, 6.45) is 5.55. The molecule has 5 nitrogen and oxygen atoms in total. The van der Waals surface area contributed by atoms with Crippen LogP contribution < -0.4 is 0 Å². The van der Waals surface area contributed by atoms with Crippen LogP contribution in [0.25, 0.3) is 0 Å². The molecule has 1 aliphatic rings. The van der Waals surface area contributed by atoms with Gasteiger partial charge in [-0.05, 0) is 12.8 Å². The zero-order chi connectivity index (χ0) is 13.6. The van der Waals surface area contributed by atoms with Crippen molar-refractivity contribution >= 4 is 11.9 Å². The van der Waals surface area contributed by atoms with Crippen LogP contribution in [0.5, 0.6) is 0 Å². The lowest BCUT2D eigenvalue weighted by molar-refractivity contribution is -0.168. The molecule has 1 heterocycles. The van der Waals surface area contributed by atoms with Gasteiger partial charge in [0.15, 0.2) is 5.41 Å². The first-order chi connectivity index (χ1) is 8.60. The molecular weight excluding hydrogens is 236 g/mol. The second-order valence-electron chi connectivity index (χ2n) is 4.06. The summed E-state index contributed by atoms with van der Waals surface area (Å²) in [6, 6.07) is 0. The molecule has 18 heavy (non-hydrogen) atoms. The van der Waals surface area contributed by atoms with Gasteiger partial charge >= 0.3 is 11.9 Å². The molecule has 0 aromatic rings. The average Bonchev–Trinajstić information content (AvgIpc) is 3.19. The molecule has 0 N–H and O–H groups in total. The number of ether oxygens (including phenoxy) is 3. The highest BCUT2D eigenvalue weighted by atomic mass is 16.6. The van der Waals surface area contributed by atoms with Crippen molar-refractivity contribution in [3.05, 3.63) is 24.8 Å². The van der Waals surface area contributed by atoms with Gasteiger partial charge in [0.05, 0.1) is 26.9 Å². The van der Waals surface area contributed by atoms with E-state index in [-0.39, 0.29) is 18.9 Å². The van der Waals surface area contributed by atoms with Gasteiger partial charge in [-0.15, -0.1) is 6.58 Å². The van der Waals surface area contributed by atoms with Crippen molar-refractivity contribution in [3.8, 4) is 0 Å². The topological polar surface area (TPSA) is 65.1 Å². The summed E-state index contributed by atoms with van der Waals surface area (Å²) in [7, 11) is 2.49. The number of methoxy groups -OCH3 is 2. The standard InChI is InChI=1S/C13H18O5/c1-4-7-13(11(14)16-2,12(15)17-3)8-5-6-10-9-18-10/h4-6,10H,1,7-9H2,2-3H3/b6-5+. The lowest BCUT2D eigenvalue weighted by atomic mass is 9.81. The fraction of sp³-hybridized carbons (Fsp3) is 0.538. The van der Waals surface area contributed by atoms with Crippen LogP contribution in [-0.4, -0.2) is 38.9 Å². The average molecular weight is 254 g/mol. The van der Waals surface area contributed by atoms with Gasteiger partial charge in [0.25, 0.3) is 0 Å². The number of carbonyl (C=O) groups is 2. The van der Waals surface area contributed by atoms with Crippen molar-refractivity contribution in [2.75, 3.05) is 20.8 Å². The zero-order valence-corrected chi connectivity index (χ0v) is 10.7. The maximum absolute atomic E-state index is 11.9. The molecule has 1 fully saturated rings. The number of carbonyl (C=O) groups excluding carboxylic acids is 2. The molecule has 0 aliphatic carbocycles. The minimum Gasteiger partial charge on any atom is -0.468 e. The molecule has 0 radical (unpaired) electrons. The van der Waals surface area contributed by atoms with E-state index in [0.29, 0.717) is 6.61 Å². The third kappa shape index (κ3) is 3.20. The van der Waals surface area contributed by atoms with E-state index in [0.717, 1.165) is 0 Å². The van der Waals surface area contributed by atoms with E-state index in [2.05, 4.69) is 6.58 Å². The smallest absolute Gasteiger partial charge is 0.323 e. The van der Waals surface area contributed by atoms with Gasteiger partial charge in [0, 0.05) is 0 Å². The molecule has 0 aromatic heterocycles. The van der Waals surface area contributed by atoms with Gasteiger partial charge in [0.2, 0.25) is 0 Å². The Morgan fingerprint density at radius 2 is 1.89 bits per heavy atom. The molecule has 5 heteroatoms. The molecule has 0 amide bonds. The molecule has 1 aliphatic heterocycles. The summed E-state index contributed by atoms with van der Waals surface area (Å²) in [6.45, 7) is 4.25. The van der Waals surface area contributed by atoms with E-state index in [1.165, 1.54) is 20.3 Å². The van der Waals surface area contributed by atoms with Crippen molar-refractivity contribution in [1.29, 1.82) is 0 Å². The minimum atomic E-state index is -1.35. The van der Waals surface area contributed by atoms with Crippen LogP contribution in [0.1, 0.15) is 12.8 Å². The van der Waals surface area contributed by atoms with Gasteiger partial charge in [-0.25, -0.2) is 0 Å². The number of rotatable bonds is 7. The highest BCUT2D eigenvalue weighted by Crippen LogP contribution is 2.31. The first-order valence-electron chi connectivity index (χ1n) is 5.66. The first-order valence-corrected chi connectivity index (χ1v) is 5.66. The van der Waals surface area contributed by atoms with Crippen LogP contribution in [0.15, 0.2) is 24.8 Å². The SMILES string of the molecule is C=CCC(C/C=C/C1CO1)(C(=O)OC)C(=O)OC. The Morgan fingerprint density at radius 1 is 1.33 bits per heavy atom. The third-order valence-electron chi connectivity index (χ3n) is 2.82. The summed E-state index contributed by atoms with van der Waals surface area (Å²) in [4.78, 5) is 23.8. The lowest BCUT2D eigenvalue weighted by Gasteiger charge is -2.25. The Labute approximate surface area is 106 Å². The fourth-order valence-corrected chi connectivity index (χ4v) is 1.72. The molecule has 0 spiro atoms. The van der Waals surface area contributed by atoms with Gasteiger partial charge in [-0.2, -0.15) is 0 Å². The Kier molecular flexibility index (Phi) is 5.09. The van der Waals surface area contributed by atoms with E-state index in [1.54, 1.807) is 6.08 Å². The molecule has 1 saturated heterocycles. The van der Waals surface area contributed by atoms with Crippen LogP contribution in [0.3, 0.4) is 0 Å². The Bertz CT molecular complexity index is 338. The minimum absolute atomic E-state index is 0.0988. The predicted molar refractivity (Wildman–Crippen MR) is 64.8 cm³/mol. The molecule has 0 aromatic carbocycles. The maximum Gasteiger partial charge on any atom is 0.323 e. The molecule has 1 atom stereocenters. The molecule has 0 saturated carbocycles. The molecule has 1 unspecified atom stereocenters. The summed E-state index contributed by atoms with van der Waals surface area (Å²) in [5.41, 5.74) is -1.35. The van der Waals surface area contributed by atoms with Gasteiger partial charge in [0.1, 0.15) is 0 Å². The van der Waals surface area contributed by atoms with E-state index in [9.17, 15) is 9.59 Å². The van der Waals surface area contributed by atoms with Gasteiger partial charge in [-0.1, -0.05) is 18.2 Å². The van der Waals surface area contributed by atoms with Crippen molar-refractivity contribution in [2.24, 2.45) is 5.41 Å². The summed E-state index contributed by atoms with van der Waals surface area (Å²) in [5, 5.41) is 0. The second kappa shape index (κ2) is 6.35. The highest BCUT2D eigenvalue weighted by Gasteiger charge is 2.46. The van der Waals surface area contributed by atoms with Gasteiger partial charge in [-0.3, -0.25) is 9.59 Å². The van der Waals surface area contributed by atoms with Crippen LogP contribution in [0, 0.1) is 5.41 Å². The lowest BCUT2D eigenvalue weighted by Crippen LogP contribution is -2.40. The molecule has 1 rings (SSSR count). The summed E-state index contributed by atoms with van der Waals surface area (Å²) < 4.78 is 14.4. The van der Waals surface area contributed by atoms with E-state index >= 15 is 0 Å². The van der Waals surface area contributed by atoms with Gasteiger partial charge < -0.3 is 14.2 Å². The van der Waals surface area contributed by atoms with Crippen molar-refractivity contribution in [2.45, 2.75) is 18.9 Å². The number of esters is 2. The van der Waals surface area contributed by atoms with E-state index in [4.69, 9.17) is 14.2 Å². The predicted octanol–water partition coefficient (Wildman–Crippen LogP) is 1.24. The summed E-state index contributed by atoms with van der Waals surface area (Å²) >= 11 is 0.